The van der Waals surface area contributed by atoms with Crippen molar-refractivity contribution in [3.63, 3.8) is 0 Å². The molecular formula is C13H18N2S. The fourth-order valence-electron chi connectivity index (χ4n) is 1.57. The van der Waals surface area contributed by atoms with Crippen molar-refractivity contribution >= 4 is 23.0 Å². The predicted molar refractivity (Wildman–Crippen MR) is 73.0 cm³/mol. The lowest BCUT2D eigenvalue weighted by Crippen LogP contribution is -2.38. The number of nitrogens with one attached hydrogen (secondary N) is 1. The standard InChI is InChI=1S/C13H18N2S/c1-3-10-4-8-12(9-5-10)15(2)13(16)14-11-6-7-11/h4-5,8-9,11H,3,6-7H2,1-2H3,(H,14,16). The number of aryl methyl sites for hydroxylation is 1. The van der Waals surface area contributed by atoms with Crippen molar-refractivity contribution in [1.82, 2.24) is 5.32 Å². The second kappa shape index (κ2) is 4.83. The maximum atomic E-state index is 5.35. The summed E-state index contributed by atoms with van der Waals surface area (Å²) in [6.45, 7) is 2.16. The van der Waals surface area contributed by atoms with E-state index in [-0.39, 0.29) is 0 Å². The number of anilines is 1. The quantitative estimate of drug-likeness (QED) is 0.810. The van der Waals surface area contributed by atoms with E-state index in [9.17, 15) is 0 Å². The molecule has 1 aliphatic rings. The second-order valence-electron chi connectivity index (χ2n) is 4.30. The molecule has 3 heteroatoms. The predicted octanol–water partition coefficient (Wildman–Crippen LogP) is 2.72. The monoisotopic (exact) mass is 234 g/mol. The Labute approximate surface area is 103 Å². The molecule has 0 aliphatic heterocycles. The zero-order valence-electron chi connectivity index (χ0n) is 9.86. The molecule has 16 heavy (non-hydrogen) atoms. The van der Waals surface area contributed by atoms with E-state index in [2.05, 4.69) is 36.5 Å². The molecule has 0 spiro atoms. The van der Waals surface area contributed by atoms with Gasteiger partial charge in [0, 0.05) is 18.8 Å². The summed E-state index contributed by atoms with van der Waals surface area (Å²) < 4.78 is 0. The number of hydrogen-bond donors (Lipinski definition) is 1. The van der Waals surface area contributed by atoms with Gasteiger partial charge in [0.2, 0.25) is 0 Å². The van der Waals surface area contributed by atoms with E-state index in [4.69, 9.17) is 12.2 Å². The van der Waals surface area contributed by atoms with Gasteiger partial charge in [0.15, 0.2) is 5.11 Å². The first-order valence-electron chi connectivity index (χ1n) is 5.84. The first-order valence-corrected chi connectivity index (χ1v) is 6.24. The van der Waals surface area contributed by atoms with Crippen LogP contribution in [0.1, 0.15) is 25.3 Å². The van der Waals surface area contributed by atoms with E-state index in [1.165, 1.54) is 18.4 Å². The van der Waals surface area contributed by atoms with Crippen LogP contribution < -0.4 is 10.2 Å². The molecule has 2 rings (SSSR count). The summed E-state index contributed by atoms with van der Waals surface area (Å²) in [5.41, 5.74) is 2.51. The SMILES string of the molecule is CCc1ccc(N(C)C(=S)NC2CC2)cc1. The lowest BCUT2D eigenvalue weighted by atomic mass is 10.1. The lowest BCUT2D eigenvalue weighted by molar-refractivity contribution is 0.901. The van der Waals surface area contributed by atoms with Crippen LogP contribution in [0.5, 0.6) is 0 Å². The van der Waals surface area contributed by atoms with E-state index >= 15 is 0 Å². The molecule has 1 aromatic rings. The Kier molecular flexibility index (Phi) is 3.44. The average Bonchev–Trinajstić information content (AvgIpc) is 3.12. The molecule has 1 saturated carbocycles. The van der Waals surface area contributed by atoms with Crippen LogP contribution in [0, 0.1) is 0 Å². The van der Waals surface area contributed by atoms with Gasteiger partial charge in [-0.05, 0) is 49.2 Å². The topological polar surface area (TPSA) is 15.3 Å². The Balaban J connectivity index is 2.00. The van der Waals surface area contributed by atoms with E-state index in [0.717, 1.165) is 17.2 Å². The Bertz CT molecular complexity index is 368. The van der Waals surface area contributed by atoms with E-state index in [0.29, 0.717) is 6.04 Å². The summed E-state index contributed by atoms with van der Waals surface area (Å²) in [6.07, 6.45) is 3.58. The second-order valence-corrected chi connectivity index (χ2v) is 4.69. The zero-order valence-corrected chi connectivity index (χ0v) is 10.7. The van der Waals surface area contributed by atoms with Crippen LogP contribution in [0.15, 0.2) is 24.3 Å². The summed E-state index contributed by atoms with van der Waals surface area (Å²) in [4.78, 5) is 2.03. The highest BCUT2D eigenvalue weighted by Crippen LogP contribution is 2.20. The number of hydrogen-bond acceptors (Lipinski definition) is 1. The fraction of sp³-hybridized carbons (Fsp3) is 0.462. The van der Waals surface area contributed by atoms with Crippen molar-refractivity contribution in [1.29, 1.82) is 0 Å². The Morgan fingerprint density at radius 3 is 2.50 bits per heavy atom. The number of thiocarbonyl (C=S) groups is 1. The van der Waals surface area contributed by atoms with Crippen LogP contribution in [0.4, 0.5) is 5.69 Å². The minimum Gasteiger partial charge on any atom is -0.360 e. The van der Waals surface area contributed by atoms with Crippen molar-refractivity contribution in [2.45, 2.75) is 32.2 Å². The first-order chi connectivity index (χ1) is 7.70. The highest BCUT2D eigenvalue weighted by atomic mass is 32.1. The van der Waals surface area contributed by atoms with Crippen LogP contribution in [-0.2, 0) is 6.42 Å². The van der Waals surface area contributed by atoms with Gasteiger partial charge < -0.3 is 10.2 Å². The van der Waals surface area contributed by atoms with Crippen LogP contribution >= 0.6 is 12.2 Å². The van der Waals surface area contributed by atoms with Gasteiger partial charge in [-0.1, -0.05) is 19.1 Å². The third-order valence-electron chi connectivity index (χ3n) is 2.94. The lowest BCUT2D eigenvalue weighted by Gasteiger charge is -2.21. The smallest absolute Gasteiger partial charge is 0.173 e. The molecule has 1 fully saturated rings. The molecule has 0 atom stereocenters. The minimum atomic E-state index is 0.616. The number of nitrogens with zero attached hydrogens (tertiary/aromatic N) is 1. The molecule has 0 heterocycles. The van der Waals surface area contributed by atoms with E-state index in [1.807, 2.05) is 11.9 Å². The molecule has 1 N–H and O–H groups in total. The van der Waals surface area contributed by atoms with E-state index in [1.54, 1.807) is 0 Å². The van der Waals surface area contributed by atoms with Gasteiger partial charge in [-0.2, -0.15) is 0 Å². The molecular weight excluding hydrogens is 216 g/mol. The van der Waals surface area contributed by atoms with Gasteiger partial charge in [0.05, 0.1) is 0 Å². The van der Waals surface area contributed by atoms with Gasteiger partial charge in [0.1, 0.15) is 0 Å². The molecule has 0 amide bonds. The highest BCUT2D eigenvalue weighted by Gasteiger charge is 2.23. The Hall–Kier alpha value is -1.09. The van der Waals surface area contributed by atoms with Crippen molar-refractivity contribution in [2.75, 3.05) is 11.9 Å². The first kappa shape index (κ1) is 11.4. The Morgan fingerprint density at radius 1 is 1.38 bits per heavy atom. The highest BCUT2D eigenvalue weighted by molar-refractivity contribution is 7.80. The zero-order chi connectivity index (χ0) is 11.5. The molecule has 2 nitrogen and oxygen atoms in total. The van der Waals surface area contributed by atoms with Gasteiger partial charge in [0.25, 0.3) is 0 Å². The molecule has 0 saturated heterocycles. The van der Waals surface area contributed by atoms with Crippen molar-refractivity contribution in [3.8, 4) is 0 Å². The van der Waals surface area contributed by atoms with Crippen molar-refractivity contribution < 1.29 is 0 Å². The largest absolute Gasteiger partial charge is 0.360 e. The molecule has 1 aliphatic carbocycles. The number of rotatable bonds is 3. The van der Waals surface area contributed by atoms with Gasteiger partial charge in [-0.15, -0.1) is 0 Å². The normalized spacial score (nSPS) is 14.6. The van der Waals surface area contributed by atoms with Gasteiger partial charge >= 0.3 is 0 Å². The maximum Gasteiger partial charge on any atom is 0.173 e. The van der Waals surface area contributed by atoms with Gasteiger partial charge in [-0.25, -0.2) is 0 Å². The summed E-state index contributed by atoms with van der Waals surface area (Å²) >= 11 is 5.35. The summed E-state index contributed by atoms with van der Waals surface area (Å²) in [7, 11) is 2.01. The molecule has 0 radical (unpaired) electrons. The van der Waals surface area contributed by atoms with Crippen molar-refractivity contribution in [2.24, 2.45) is 0 Å². The molecule has 0 bridgehead atoms. The van der Waals surface area contributed by atoms with Crippen LogP contribution in [0.3, 0.4) is 0 Å². The van der Waals surface area contributed by atoms with Crippen molar-refractivity contribution in [3.05, 3.63) is 29.8 Å². The van der Waals surface area contributed by atoms with E-state index < -0.39 is 0 Å². The van der Waals surface area contributed by atoms with Crippen LogP contribution in [0.25, 0.3) is 0 Å². The van der Waals surface area contributed by atoms with Crippen LogP contribution in [0.2, 0.25) is 0 Å². The maximum absolute atomic E-state index is 5.35. The summed E-state index contributed by atoms with van der Waals surface area (Å²) in [5.74, 6) is 0. The van der Waals surface area contributed by atoms with Crippen LogP contribution in [-0.4, -0.2) is 18.2 Å². The molecule has 0 unspecified atom stereocenters. The minimum absolute atomic E-state index is 0.616. The fourth-order valence-corrected chi connectivity index (χ4v) is 1.84. The Morgan fingerprint density at radius 2 is 2.00 bits per heavy atom. The third-order valence-corrected chi connectivity index (χ3v) is 3.33. The van der Waals surface area contributed by atoms with Gasteiger partial charge in [-0.3, -0.25) is 0 Å². The summed E-state index contributed by atoms with van der Waals surface area (Å²) in [5, 5.41) is 4.16. The third kappa shape index (κ3) is 2.73. The summed E-state index contributed by atoms with van der Waals surface area (Å²) in [6, 6.07) is 9.18. The molecule has 1 aromatic carbocycles. The molecule has 86 valence electrons. The molecule has 0 aromatic heterocycles. The number of benzene rings is 1. The average molecular weight is 234 g/mol.